The second kappa shape index (κ2) is 14.6. The van der Waals surface area contributed by atoms with Crippen LogP contribution in [-0.4, -0.2) is 101 Å². The number of carbonyl (C=O) groups excluding carboxylic acids is 5. The Kier molecular flexibility index (Phi) is 11.6. The molecular formula is C37H61N5O7S. The summed E-state index contributed by atoms with van der Waals surface area (Å²) in [6, 6.07) is -2.66. The molecule has 1 heterocycles. The van der Waals surface area contributed by atoms with E-state index in [9.17, 15) is 32.4 Å². The van der Waals surface area contributed by atoms with E-state index in [0.717, 1.165) is 38.5 Å². The van der Waals surface area contributed by atoms with Crippen LogP contribution in [-0.2, 0) is 29.0 Å². The Morgan fingerprint density at radius 1 is 1.00 bits per heavy atom. The quantitative estimate of drug-likeness (QED) is 0.192. The van der Waals surface area contributed by atoms with Crippen molar-refractivity contribution in [2.24, 2.45) is 17.3 Å². The first-order valence-corrected chi connectivity index (χ1v) is 20.2. The minimum Gasteiger partial charge on any atom is -0.347 e. The van der Waals surface area contributed by atoms with Gasteiger partial charge in [0, 0.05) is 25.6 Å². The largest absolute Gasteiger partial charge is 0.347 e. The van der Waals surface area contributed by atoms with Gasteiger partial charge in [-0.1, -0.05) is 59.5 Å². The Balaban J connectivity index is 1.58. The van der Waals surface area contributed by atoms with Crippen LogP contribution >= 0.6 is 0 Å². The molecule has 0 spiro atoms. The van der Waals surface area contributed by atoms with Crippen molar-refractivity contribution >= 4 is 39.4 Å². The first-order valence-electron chi connectivity index (χ1n) is 18.5. The number of carbonyl (C=O) groups is 5. The molecule has 0 aromatic carbocycles. The molecule has 4 fully saturated rings. The number of likely N-dealkylation sites (N-methyl/N-ethyl adjacent to an activating group) is 1. The molecule has 1 aliphatic heterocycles. The number of likely N-dealkylation sites (tertiary alicyclic amines) is 1. The van der Waals surface area contributed by atoms with Gasteiger partial charge in [0.25, 0.3) is 5.91 Å². The molecule has 5 atom stereocenters. The number of hydrogen-bond donors (Lipinski definition) is 3. The lowest BCUT2D eigenvalue weighted by Gasteiger charge is -2.41. The topological polar surface area (TPSA) is 162 Å². The van der Waals surface area contributed by atoms with Gasteiger partial charge in [0.15, 0.2) is 9.84 Å². The lowest BCUT2D eigenvalue weighted by Crippen LogP contribution is -2.64. The fourth-order valence-electron chi connectivity index (χ4n) is 7.88. The maximum atomic E-state index is 14.5. The van der Waals surface area contributed by atoms with Crippen LogP contribution in [0.4, 0.5) is 4.79 Å². The molecule has 3 aliphatic carbocycles. The summed E-state index contributed by atoms with van der Waals surface area (Å²) in [5, 5.41) is 8.67. The first kappa shape index (κ1) is 39.8. The van der Waals surface area contributed by atoms with E-state index in [1.807, 2.05) is 27.7 Å². The van der Waals surface area contributed by atoms with Crippen molar-refractivity contribution in [3.8, 4) is 0 Å². The smallest absolute Gasteiger partial charge is 0.315 e. The van der Waals surface area contributed by atoms with Crippen LogP contribution in [0.2, 0.25) is 0 Å². The number of nitrogens with one attached hydrogen (secondary N) is 3. The number of sulfone groups is 1. The van der Waals surface area contributed by atoms with Crippen molar-refractivity contribution in [1.29, 1.82) is 0 Å². The predicted octanol–water partition coefficient (Wildman–Crippen LogP) is 3.88. The number of amides is 5. The van der Waals surface area contributed by atoms with Crippen molar-refractivity contribution in [2.75, 3.05) is 19.3 Å². The molecule has 0 aromatic rings. The van der Waals surface area contributed by atoms with E-state index in [-0.39, 0.29) is 24.3 Å². The molecule has 1 saturated heterocycles. The second-order valence-corrected chi connectivity index (χ2v) is 20.1. The molecule has 0 radical (unpaired) electrons. The third kappa shape index (κ3) is 8.23. The van der Waals surface area contributed by atoms with Gasteiger partial charge in [-0.05, 0) is 77.0 Å². The van der Waals surface area contributed by atoms with Gasteiger partial charge in [0.1, 0.15) is 17.6 Å². The second-order valence-electron chi connectivity index (χ2n) is 17.4. The highest BCUT2D eigenvalue weighted by Gasteiger charge is 2.66. The number of nitrogens with zero attached hydrogens (tertiary/aromatic N) is 2. The van der Waals surface area contributed by atoms with Crippen molar-refractivity contribution in [3.05, 3.63) is 12.7 Å². The van der Waals surface area contributed by atoms with E-state index in [1.54, 1.807) is 33.9 Å². The van der Waals surface area contributed by atoms with Gasteiger partial charge in [-0.15, -0.1) is 6.58 Å². The van der Waals surface area contributed by atoms with Gasteiger partial charge in [0.2, 0.25) is 17.6 Å². The highest BCUT2D eigenvalue weighted by molar-refractivity contribution is 7.92. The van der Waals surface area contributed by atoms with Crippen LogP contribution in [0, 0.1) is 17.3 Å². The molecule has 282 valence electrons. The highest BCUT2D eigenvalue weighted by Crippen LogP contribution is 2.52. The van der Waals surface area contributed by atoms with E-state index in [4.69, 9.17) is 0 Å². The standard InChI is InChI=1S/C37H61N5O7S/c1-10-15-25-22-37(25,29(43)30(44)38-26-16-17-26)41(9)31(45)27-24(11-2)18-21-42(27)32(46)28(34(3,4)5)39-33(47)40-36(19-13-12-14-20-36)23-50(48,49)35(6,7)8/h11,24-28H,2,10,12-23H2,1,3-9H3,(H,38,44)(H2,39,40,47)/t24-,25-,27-,28+,37+/m0/s1. The van der Waals surface area contributed by atoms with Crippen molar-refractivity contribution in [3.63, 3.8) is 0 Å². The van der Waals surface area contributed by atoms with E-state index < -0.39 is 78.6 Å². The van der Waals surface area contributed by atoms with E-state index >= 15 is 0 Å². The summed E-state index contributed by atoms with van der Waals surface area (Å²) in [5.41, 5.74) is -3.01. The first-order chi connectivity index (χ1) is 23.1. The molecule has 12 nitrogen and oxygen atoms in total. The summed E-state index contributed by atoms with van der Waals surface area (Å²) in [4.78, 5) is 72.4. The molecule has 3 saturated carbocycles. The summed E-state index contributed by atoms with van der Waals surface area (Å²) in [6.45, 7) is 16.6. The molecule has 3 N–H and O–H groups in total. The normalized spacial score (nSPS) is 27.1. The fraction of sp³-hybridized carbons (Fsp3) is 0.811. The van der Waals surface area contributed by atoms with Crippen LogP contribution < -0.4 is 16.0 Å². The van der Waals surface area contributed by atoms with Crippen LogP contribution in [0.3, 0.4) is 0 Å². The number of ketones is 1. The SMILES string of the molecule is C=C[C@H]1CCN(C(=O)[C@@H](NC(=O)NC2(CS(=O)(=O)C(C)(C)C)CCCCC2)C(C)(C)C)[C@@H]1C(=O)N(C)[C@]1(C(=O)C(=O)NC2CC2)C[C@@H]1CCC. The maximum Gasteiger partial charge on any atom is 0.315 e. The van der Waals surface area contributed by atoms with Gasteiger partial charge in [-0.3, -0.25) is 19.2 Å². The molecule has 4 aliphatic rings. The third-order valence-corrected chi connectivity index (χ3v) is 14.2. The van der Waals surface area contributed by atoms with Gasteiger partial charge >= 0.3 is 6.03 Å². The van der Waals surface area contributed by atoms with Crippen molar-refractivity contribution in [2.45, 2.75) is 153 Å². The number of rotatable bonds is 13. The van der Waals surface area contributed by atoms with E-state index in [0.29, 0.717) is 32.1 Å². The Morgan fingerprint density at radius 2 is 1.62 bits per heavy atom. The molecule has 5 amide bonds. The average Bonchev–Trinajstić information content (AvgIpc) is 3.93. The highest BCUT2D eigenvalue weighted by atomic mass is 32.2. The zero-order chi connectivity index (χ0) is 37.4. The predicted molar refractivity (Wildman–Crippen MR) is 193 cm³/mol. The van der Waals surface area contributed by atoms with Gasteiger partial charge < -0.3 is 25.8 Å². The molecule has 13 heteroatoms. The zero-order valence-corrected chi connectivity index (χ0v) is 32.3. The molecule has 4 rings (SSSR count). The van der Waals surface area contributed by atoms with Crippen LogP contribution in [0.25, 0.3) is 0 Å². The summed E-state index contributed by atoms with van der Waals surface area (Å²) in [7, 11) is -2.01. The van der Waals surface area contributed by atoms with Gasteiger partial charge in [0.05, 0.1) is 16.0 Å². The zero-order valence-electron chi connectivity index (χ0n) is 31.5. The number of Topliss-reactive ketones (excluding diaryl/α,β-unsaturated/α-hetero) is 1. The molecule has 0 aromatic heterocycles. The maximum absolute atomic E-state index is 14.5. The number of urea groups is 1. The third-order valence-electron chi connectivity index (χ3n) is 11.4. The summed E-state index contributed by atoms with van der Waals surface area (Å²) < 4.78 is 25.7. The van der Waals surface area contributed by atoms with Gasteiger partial charge in [-0.2, -0.15) is 0 Å². The Morgan fingerprint density at radius 3 is 2.14 bits per heavy atom. The Hall–Kier alpha value is -2.96. The molecule has 0 bridgehead atoms. The molecular weight excluding hydrogens is 659 g/mol. The lowest BCUT2D eigenvalue weighted by molar-refractivity contribution is -0.152. The number of hydrogen-bond acceptors (Lipinski definition) is 7. The summed E-state index contributed by atoms with van der Waals surface area (Å²) >= 11 is 0. The van der Waals surface area contributed by atoms with Crippen LogP contribution in [0.5, 0.6) is 0 Å². The summed E-state index contributed by atoms with van der Waals surface area (Å²) in [5.74, 6) is -2.91. The van der Waals surface area contributed by atoms with E-state index in [1.165, 1.54) is 9.80 Å². The van der Waals surface area contributed by atoms with E-state index in [2.05, 4.69) is 22.5 Å². The molecule has 0 unspecified atom stereocenters. The summed E-state index contributed by atoms with van der Waals surface area (Å²) in [6.07, 6.45) is 9.18. The Labute approximate surface area is 299 Å². The van der Waals surface area contributed by atoms with Crippen LogP contribution in [0.15, 0.2) is 12.7 Å². The van der Waals surface area contributed by atoms with Crippen LogP contribution in [0.1, 0.15) is 119 Å². The monoisotopic (exact) mass is 719 g/mol. The Bertz CT molecular complexity index is 1450. The van der Waals surface area contributed by atoms with Gasteiger partial charge in [-0.25, -0.2) is 13.2 Å². The minimum atomic E-state index is -3.57. The van der Waals surface area contributed by atoms with Crippen molar-refractivity contribution < 1.29 is 32.4 Å². The molecule has 50 heavy (non-hydrogen) atoms. The lowest BCUT2D eigenvalue weighted by atomic mass is 9.83. The van der Waals surface area contributed by atoms with Crippen molar-refractivity contribution in [1.82, 2.24) is 25.8 Å². The minimum absolute atomic E-state index is 0.00381. The fourth-order valence-corrected chi connectivity index (χ4v) is 9.40. The average molecular weight is 720 g/mol.